The first-order valence-electron chi connectivity index (χ1n) is 11.4. The van der Waals surface area contributed by atoms with Gasteiger partial charge < -0.3 is 9.47 Å². The van der Waals surface area contributed by atoms with Crippen LogP contribution >= 0.6 is 0 Å². The Balaban J connectivity index is 1.17. The topological polar surface area (TPSA) is 72.9 Å². The standard InChI is InChI=1S/C27H27NO5/c1-16-12-21(13-17(2)24(16)33-15-18-6-4-3-5-7-18)27(31)32-11-10-28-25(29)22-19-8-9-20(14-19)23(22)26(28)30/h3-9,12-13,19-20,22-23H,10-11,14-15H2,1-2H3/t19-,20+,22+,23-. The molecule has 4 atom stereocenters. The quantitative estimate of drug-likeness (QED) is 0.368. The molecule has 1 aliphatic heterocycles. The van der Waals surface area contributed by atoms with Crippen molar-refractivity contribution in [1.82, 2.24) is 4.90 Å². The fourth-order valence-electron chi connectivity index (χ4n) is 5.52. The van der Waals surface area contributed by atoms with Gasteiger partial charge in [0.25, 0.3) is 0 Å². The summed E-state index contributed by atoms with van der Waals surface area (Å²) in [5.41, 5.74) is 3.19. The van der Waals surface area contributed by atoms with Gasteiger partial charge >= 0.3 is 5.97 Å². The summed E-state index contributed by atoms with van der Waals surface area (Å²) < 4.78 is 11.4. The van der Waals surface area contributed by atoms with Crippen molar-refractivity contribution in [3.63, 3.8) is 0 Å². The van der Waals surface area contributed by atoms with Crippen LogP contribution in [0.2, 0.25) is 0 Å². The Morgan fingerprint density at radius 3 is 2.18 bits per heavy atom. The fraction of sp³-hybridized carbons (Fsp3) is 0.370. The number of amides is 2. The molecule has 3 aliphatic rings. The molecule has 2 aromatic carbocycles. The number of aryl methyl sites for hydroxylation is 2. The monoisotopic (exact) mass is 445 g/mol. The molecule has 2 bridgehead atoms. The Hall–Kier alpha value is -3.41. The van der Waals surface area contributed by atoms with Crippen LogP contribution in [0.5, 0.6) is 5.75 Å². The molecule has 33 heavy (non-hydrogen) atoms. The molecule has 0 aromatic heterocycles. The van der Waals surface area contributed by atoms with E-state index in [0.717, 1.165) is 28.9 Å². The summed E-state index contributed by atoms with van der Waals surface area (Å²) in [5.74, 6) is -0.0618. The average molecular weight is 446 g/mol. The molecule has 170 valence electrons. The van der Waals surface area contributed by atoms with Crippen molar-refractivity contribution in [2.24, 2.45) is 23.7 Å². The predicted octanol–water partition coefficient (Wildman–Crippen LogP) is 3.85. The number of hydrogen-bond donors (Lipinski definition) is 0. The van der Waals surface area contributed by atoms with Gasteiger partial charge in [0.1, 0.15) is 19.0 Å². The van der Waals surface area contributed by atoms with Crippen molar-refractivity contribution in [2.45, 2.75) is 26.9 Å². The third-order valence-corrected chi connectivity index (χ3v) is 7.03. The second kappa shape index (κ2) is 8.50. The second-order valence-corrected chi connectivity index (χ2v) is 9.18. The van der Waals surface area contributed by atoms with Crippen molar-refractivity contribution in [2.75, 3.05) is 13.2 Å². The number of ether oxygens (including phenoxy) is 2. The number of carbonyl (C=O) groups excluding carboxylic acids is 3. The van der Waals surface area contributed by atoms with E-state index in [1.165, 1.54) is 4.90 Å². The molecule has 0 N–H and O–H groups in total. The Labute approximate surface area is 193 Å². The van der Waals surface area contributed by atoms with E-state index in [4.69, 9.17) is 9.47 Å². The molecular weight excluding hydrogens is 418 g/mol. The maximum Gasteiger partial charge on any atom is 0.338 e. The smallest absolute Gasteiger partial charge is 0.338 e. The Kier molecular flexibility index (Phi) is 5.52. The third-order valence-electron chi connectivity index (χ3n) is 7.03. The molecule has 1 heterocycles. The van der Waals surface area contributed by atoms with Crippen LogP contribution in [0.3, 0.4) is 0 Å². The van der Waals surface area contributed by atoms with Crippen LogP contribution in [-0.2, 0) is 20.9 Å². The lowest BCUT2D eigenvalue weighted by Gasteiger charge is -2.17. The highest BCUT2D eigenvalue weighted by atomic mass is 16.5. The highest BCUT2D eigenvalue weighted by molar-refractivity contribution is 6.06. The van der Waals surface area contributed by atoms with Crippen LogP contribution in [0, 0.1) is 37.5 Å². The molecule has 0 radical (unpaired) electrons. The van der Waals surface area contributed by atoms with Crippen LogP contribution in [0.4, 0.5) is 0 Å². The van der Waals surface area contributed by atoms with Gasteiger partial charge in [-0.1, -0.05) is 42.5 Å². The minimum Gasteiger partial charge on any atom is -0.488 e. The molecule has 2 aromatic rings. The molecule has 6 nitrogen and oxygen atoms in total. The van der Waals surface area contributed by atoms with Gasteiger partial charge in [0.15, 0.2) is 0 Å². The molecule has 0 spiro atoms. The number of carbonyl (C=O) groups is 3. The van der Waals surface area contributed by atoms with E-state index in [-0.39, 0.29) is 48.6 Å². The van der Waals surface area contributed by atoms with Crippen LogP contribution in [-0.4, -0.2) is 35.8 Å². The lowest BCUT2D eigenvalue weighted by atomic mass is 9.85. The molecule has 6 heteroatoms. The molecular formula is C27H27NO5. The number of rotatable bonds is 7. The van der Waals surface area contributed by atoms with Crippen molar-refractivity contribution in [3.8, 4) is 5.75 Å². The highest BCUT2D eigenvalue weighted by Crippen LogP contribution is 2.52. The molecule has 1 saturated carbocycles. The lowest BCUT2D eigenvalue weighted by Crippen LogP contribution is -2.36. The number of esters is 1. The fourth-order valence-corrected chi connectivity index (χ4v) is 5.52. The Morgan fingerprint density at radius 1 is 0.970 bits per heavy atom. The summed E-state index contributed by atoms with van der Waals surface area (Å²) in [6, 6.07) is 13.4. The van der Waals surface area contributed by atoms with Gasteiger partial charge in [-0.05, 0) is 60.9 Å². The van der Waals surface area contributed by atoms with Crippen molar-refractivity contribution in [3.05, 3.63) is 76.9 Å². The molecule has 2 aliphatic carbocycles. The molecule has 2 amide bonds. The molecule has 5 rings (SSSR count). The molecule has 1 saturated heterocycles. The summed E-state index contributed by atoms with van der Waals surface area (Å²) in [4.78, 5) is 39.4. The van der Waals surface area contributed by atoms with Crippen LogP contribution in [0.25, 0.3) is 0 Å². The number of benzene rings is 2. The van der Waals surface area contributed by atoms with Gasteiger partial charge in [-0.2, -0.15) is 0 Å². The van der Waals surface area contributed by atoms with Gasteiger partial charge in [-0.25, -0.2) is 4.79 Å². The zero-order chi connectivity index (χ0) is 23.1. The Morgan fingerprint density at radius 2 is 1.58 bits per heavy atom. The zero-order valence-corrected chi connectivity index (χ0v) is 18.8. The first-order valence-corrected chi connectivity index (χ1v) is 11.4. The van der Waals surface area contributed by atoms with E-state index >= 15 is 0 Å². The van der Waals surface area contributed by atoms with Crippen molar-refractivity contribution >= 4 is 17.8 Å². The van der Waals surface area contributed by atoms with Crippen LogP contribution < -0.4 is 4.74 Å². The van der Waals surface area contributed by atoms with Crippen LogP contribution in [0.1, 0.15) is 33.5 Å². The number of fused-ring (bicyclic) bond motifs is 5. The van der Waals surface area contributed by atoms with E-state index in [9.17, 15) is 14.4 Å². The predicted molar refractivity (Wildman–Crippen MR) is 121 cm³/mol. The minimum atomic E-state index is -0.475. The largest absolute Gasteiger partial charge is 0.488 e. The van der Waals surface area contributed by atoms with E-state index in [1.54, 1.807) is 12.1 Å². The zero-order valence-electron chi connectivity index (χ0n) is 18.8. The van der Waals surface area contributed by atoms with Crippen molar-refractivity contribution < 1.29 is 23.9 Å². The summed E-state index contributed by atoms with van der Waals surface area (Å²) in [7, 11) is 0. The maximum absolute atomic E-state index is 12.7. The van der Waals surface area contributed by atoms with E-state index in [2.05, 4.69) is 12.2 Å². The number of likely N-dealkylation sites (tertiary alicyclic amines) is 1. The van der Waals surface area contributed by atoms with Gasteiger partial charge in [0.05, 0.1) is 23.9 Å². The SMILES string of the molecule is Cc1cc(C(=O)OCCN2C(=O)[C@@H]3[C@H](C2=O)[C@H]2C=C[C@@H]3C2)cc(C)c1OCc1ccccc1. The van der Waals surface area contributed by atoms with Crippen LogP contribution in [0.15, 0.2) is 54.6 Å². The lowest BCUT2D eigenvalue weighted by molar-refractivity contribution is -0.141. The van der Waals surface area contributed by atoms with Gasteiger partial charge in [-0.3, -0.25) is 14.5 Å². The van der Waals surface area contributed by atoms with Gasteiger partial charge in [0, 0.05) is 0 Å². The van der Waals surface area contributed by atoms with E-state index in [0.29, 0.717) is 12.2 Å². The molecule has 2 fully saturated rings. The van der Waals surface area contributed by atoms with Gasteiger partial charge in [-0.15, -0.1) is 0 Å². The van der Waals surface area contributed by atoms with E-state index in [1.807, 2.05) is 44.2 Å². The third kappa shape index (κ3) is 3.84. The first-order chi connectivity index (χ1) is 15.9. The van der Waals surface area contributed by atoms with Gasteiger partial charge in [0.2, 0.25) is 11.8 Å². The average Bonchev–Trinajstić information content (AvgIpc) is 3.49. The second-order valence-electron chi connectivity index (χ2n) is 9.18. The maximum atomic E-state index is 12.7. The summed E-state index contributed by atoms with van der Waals surface area (Å²) >= 11 is 0. The first kappa shape index (κ1) is 21.4. The molecule has 0 unspecified atom stereocenters. The summed E-state index contributed by atoms with van der Waals surface area (Å²) in [6.45, 7) is 4.33. The number of hydrogen-bond acceptors (Lipinski definition) is 5. The number of nitrogens with zero attached hydrogens (tertiary/aromatic N) is 1. The number of allylic oxidation sites excluding steroid dienone is 2. The minimum absolute atomic E-state index is 0.0110. The van der Waals surface area contributed by atoms with Crippen molar-refractivity contribution in [1.29, 1.82) is 0 Å². The normalized spacial score (nSPS) is 25.0. The van der Waals surface area contributed by atoms with E-state index < -0.39 is 5.97 Å². The number of imide groups is 1. The Bertz CT molecular complexity index is 1090. The summed E-state index contributed by atoms with van der Waals surface area (Å²) in [5, 5.41) is 0. The highest BCUT2D eigenvalue weighted by Gasteiger charge is 2.59. The summed E-state index contributed by atoms with van der Waals surface area (Å²) in [6.07, 6.45) is 5.04.